The van der Waals surface area contributed by atoms with Gasteiger partial charge in [0.1, 0.15) is 18.2 Å². The van der Waals surface area contributed by atoms with Crippen LogP contribution in [0.2, 0.25) is 0 Å². The molecule has 0 atom stereocenters. The lowest BCUT2D eigenvalue weighted by molar-refractivity contribution is 0.304. The minimum absolute atomic E-state index is 0.0486. The molecule has 0 aliphatic carbocycles. The molecule has 0 aliphatic heterocycles. The van der Waals surface area contributed by atoms with Crippen molar-refractivity contribution in [1.29, 1.82) is 0 Å². The lowest BCUT2D eigenvalue weighted by atomic mass is 10.1. The molecule has 0 bridgehead atoms. The van der Waals surface area contributed by atoms with Crippen molar-refractivity contribution in [1.82, 2.24) is 0 Å². The summed E-state index contributed by atoms with van der Waals surface area (Å²) >= 11 is 3.08. The van der Waals surface area contributed by atoms with Crippen LogP contribution in [0, 0.1) is 5.82 Å². The van der Waals surface area contributed by atoms with E-state index in [0.717, 1.165) is 5.56 Å². The molecule has 2 rings (SSSR count). The van der Waals surface area contributed by atoms with Crippen molar-refractivity contribution < 1.29 is 14.3 Å². The highest BCUT2D eigenvalue weighted by Gasteiger charge is 2.03. The molecule has 0 unspecified atom stereocenters. The first kappa shape index (κ1) is 14.3. The molecule has 0 fully saturated rings. The predicted molar refractivity (Wildman–Crippen MR) is 77.4 cm³/mol. The summed E-state index contributed by atoms with van der Waals surface area (Å²) in [6.07, 6.45) is 0. The summed E-state index contributed by atoms with van der Waals surface area (Å²) in [5.41, 5.74) is 6.97. The van der Waals surface area contributed by atoms with Gasteiger partial charge in [0.25, 0.3) is 0 Å². The van der Waals surface area contributed by atoms with E-state index < -0.39 is 0 Å². The second-order valence-corrected chi connectivity index (χ2v) is 4.90. The van der Waals surface area contributed by atoms with Crippen LogP contribution in [0.5, 0.6) is 5.75 Å². The van der Waals surface area contributed by atoms with Crippen molar-refractivity contribution in [3.05, 3.63) is 63.9 Å². The lowest BCUT2D eigenvalue weighted by Gasteiger charge is -2.07. The maximum atomic E-state index is 13.3. The zero-order valence-electron chi connectivity index (χ0n) is 10.4. The Balaban J connectivity index is 2.02. The molecule has 20 heavy (non-hydrogen) atoms. The number of rotatable bonds is 4. The van der Waals surface area contributed by atoms with Gasteiger partial charge < -0.3 is 15.7 Å². The number of nitrogens with two attached hydrogens (primary N) is 1. The average molecular weight is 339 g/mol. The molecule has 0 aromatic heterocycles. The van der Waals surface area contributed by atoms with E-state index in [1.54, 1.807) is 36.4 Å². The molecule has 6 heteroatoms. The molecule has 0 saturated carbocycles. The molecule has 0 radical (unpaired) electrons. The Morgan fingerprint density at radius 1 is 1.25 bits per heavy atom. The van der Waals surface area contributed by atoms with E-state index in [0.29, 0.717) is 22.4 Å². The van der Waals surface area contributed by atoms with Crippen molar-refractivity contribution in [3.63, 3.8) is 0 Å². The van der Waals surface area contributed by atoms with Gasteiger partial charge in [-0.1, -0.05) is 29.4 Å². The van der Waals surface area contributed by atoms with Gasteiger partial charge in [0, 0.05) is 11.6 Å². The smallest absolute Gasteiger partial charge is 0.170 e. The van der Waals surface area contributed by atoms with Crippen LogP contribution in [-0.4, -0.2) is 11.0 Å². The highest BCUT2D eigenvalue weighted by atomic mass is 79.9. The second kappa shape index (κ2) is 6.38. The van der Waals surface area contributed by atoms with E-state index in [1.165, 1.54) is 6.07 Å². The molecule has 104 valence electrons. The van der Waals surface area contributed by atoms with Crippen LogP contribution < -0.4 is 10.5 Å². The Labute approximate surface area is 123 Å². The number of amidine groups is 1. The van der Waals surface area contributed by atoms with Gasteiger partial charge in [-0.3, -0.25) is 0 Å². The van der Waals surface area contributed by atoms with Crippen LogP contribution in [-0.2, 0) is 6.61 Å². The van der Waals surface area contributed by atoms with Gasteiger partial charge in [0.05, 0.1) is 4.47 Å². The van der Waals surface area contributed by atoms with Crippen molar-refractivity contribution >= 4 is 21.8 Å². The Hall–Kier alpha value is -2.08. The van der Waals surface area contributed by atoms with Gasteiger partial charge in [0.2, 0.25) is 0 Å². The van der Waals surface area contributed by atoms with Crippen molar-refractivity contribution in [3.8, 4) is 5.75 Å². The fourth-order valence-corrected chi connectivity index (χ4v) is 1.81. The maximum Gasteiger partial charge on any atom is 0.170 e. The first-order valence-corrected chi connectivity index (χ1v) is 6.54. The summed E-state index contributed by atoms with van der Waals surface area (Å²) in [5, 5.41) is 11.5. The first-order valence-electron chi connectivity index (χ1n) is 5.75. The predicted octanol–water partition coefficient (Wildman–Crippen LogP) is 3.26. The van der Waals surface area contributed by atoms with E-state index in [2.05, 4.69) is 21.1 Å². The number of hydrogen-bond acceptors (Lipinski definition) is 3. The number of hydrogen-bond donors (Lipinski definition) is 2. The summed E-state index contributed by atoms with van der Waals surface area (Å²) in [5.74, 6) is 0.128. The van der Waals surface area contributed by atoms with Gasteiger partial charge in [-0.25, -0.2) is 4.39 Å². The number of benzene rings is 2. The number of ether oxygens (including phenoxy) is 1. The normalized spacial score (nSPS) is 11.4. The minimum Gasteiger partial charge on any atom is -0.489 e. The zero-order chi connectivity index (χ0) is 14.5. The Morgan fingerprint density at radius 2 is 1.95 bits per heavy atom. The van der Waals surface area contributed by atoms with E-state index in [1.807, 2.05) is 0 Å². The van der Waals surface area contributed by atoms with Gasteiger partial charge in [-0.2, -0.15) is 0 Å². The minimum atomic E-state index is -0.371. The van der Waals surface area contributed by atoms with Crippen LogP contribution >= 0.6 is 15.9 Å². The average Bonchev–Trinajstić information content (AvgIpc) is 2.48. The Morgan fingerprint density at radius 3 is 2.55 bits per heavy atom. The molecule has 4 nitrogen and oxygen atoms in total. The lowest BCUT2D eigenvalue weighted by Crippen LogP contribution is -2.12. The van der Waals surface area contributed by atoms with E-state index in [4.69, 9.17) is 15.7 Å². The van der Waals surface area contributed by atoms with Crippen LogP contribution in [0.1, 0.15) is 11.1 Å². The molecule has 2 aromatic carbocycles. The summed E-state index contributed by atoms with van der Waals surface area (Å²) in [4.78, 5) is 0. The maximum absolute atomic E-state index is 13.3. The van der Waals surface area contributed by atoms with Crippen LogP contribution in [0.4, 0.5) is 4.39 Å². The standard InChI is InChI=1S/C14H12BrFN2O2/c15-12-6-5-11(7-13(12)16)20-8-9-1-3-10(4-2-9)14(17)18-19/h1-7,19H,8H2,(H2,17,18). The number of oxime groups is 1. The molecule has 0 aliphatic rings. The van der Waals surface area contributed by atoms with E-state index in [9.17, 15) is 4.39 Å². The number of nitrogens with zero attached hydrogens (tertiary/aromatic N) is 1. The molecular formula is C14H12BrFN2O2. The zero-order valence-corrected chi connectivity index (χ0v) is 12.0. The molecule has 0 amide bonds. The molecule has 2 aromatic rings. The molecule has 0 spiro atoms. The highest BCUT2D eigenvalue weighted by Crippen LogP contribution is 2.21. The fraction of sp³-hybridized carbons (Fsp3) is 0.0714. The monoisotopic (exact) mass is 338 g/mol. The molecule has 0 saturated heterocycles. The van der Waals surface area contributed by atoms with Crippen LogP contribution in [0.15, 0.2) is 52.1 Å². The van der Waals surface area contributed by atoms with Gasteiger partial charge in [0.15, 0.2) is 5.84 Å². The highest BCUT2D eigenvalue weighted by molar-refractivity contribution is 9.10. The summed E-state index contributed by atoms with van der Waals surface area (Å²) < 4.78 is 19.2. The van der Waals surface area contributed by atoms with Gasteiger partial charge in [-0.15, -0.1) is 0 Å². The Bertz CT molecular complexity index is 630. The van der Waals surface area contributed by atoms with Crippen molar-refractivity contribution in [2.45, 2.75) is 6.61 Å². The Kier molecular flexibility index (Phi) is 4.57. The largest absolute Gasteiger partial charge is 0.489 e. The van der Waals surface area contributed by atoms with Crippen molar-refractivity contribution in [2.75, 3.05) is 0 Å². The molecule has 3 N–H and O–H groups in total. The first-order chi connectivity index (χ1) is 9.60. The quantitative estimate of drug-likeness (QED) is 0.389. The van der Waals surface area contributed by atoms with E-state index >= 15 is 0 Å². The summed E-state index contributed by atoms with van der Waals surface area (Å²) in [7, 11) is 0. The molecule has 0 heterocycles. The third-order valence-corrected chi connectivity index (χ3v) is 3.30. The second-order valence-electron chi connectivity index (χ2n) is 4.05. The third kappa shape index (κ3) is 3.48. The summed E-state index contributed by atoms with van der Waals surface area (Å²) in [6, 6.07) is 11.6. The van der Waals surface area contributed by atoms with Gasteiger partial charge in [-0.05, 0) is 33.6 Å². The summed E-state index contributed by atoms with van der Waals surface area (Å²) in [6.45, 7) is 0.303. The SMILES string of the molecule is NC(=NO)c1ccc(COc2ccc(Br)c(F)c2)cc1. The van der Waals surface area contributed by atoms with Crippen molar-refractivity contribution in [2.24, 2.45) is 10.9 Å². The van der Waals surface area contributed by atoms with Gasteiger partial charge >= 0.3 is 0 Å². The topological polar surface area (TPSA) is 67.8 Å². The third-order valence-electron chi connectivity index (χ3n) is 2.65. The van der Waals surface area contributed by atoms with E-state index in [-0.39, 0.29) is 11.7 Å². The van der Waals surface area contributed by atoms with Crippen LogP contribution in [0.3, 0.4) is 0 Å². The fourth-order valence-electron chi connectivity index (χ4n) is 1.56. The number of halogens is 2. The van der Waals surface area contributed by atoms with Crippen LogP contribution in [0.25, 0.3) is 0 Å². The molecular weight excluding hydrogens is 327 g/mol.